The van der Waals surface area contributed by atoms with Gasteiger partial charge in [-0.1, -0.05) is 32.4 Å². The topological polar surface area (TPSA) is 21.3 Å². The van der Waals surface area contributed by atoms with E-state index in [1.165, 1.54) is 6.42 Å². The molecule has 0 aliphatic carbocycles. The summed E-state index contributed by atoms with van der Waals surface area (Å²) in [5.74, 6) is 1.57. The second-order valence-corrected chi connectivity index (χ2v) is 4.02. The number of para-hydroxylation sites is 2. The van der Waals surface area contributed by atoms with Crippen molar-refractivity contribution in [3.63, 3.8) is 0 Å². The van der Waals surface area contributed by atoms with Gasteiger partial charge in [0.25, 0.3) is 0 Å². The molecule has 0 saturated carbocycles. The lowest BCUT2D eigenvalue weighted by atomic mass is 10.0. The number of hydrogen-bond acceptors (Lipinski definition) is 2. The minimum Gasteiger partial charge on any atom is -0.495 e. The molecule has 0 amide bonds. The van der Waals surface area contributed by atoms with Crippen LogP contribution < -0.4 is 10.1 Å². The van der Waals surface area contributed by atoms with Gasteiger partial charge in [-0.2, -0.15) is 0 Å². The SMILES string of the molecule is CC[C@@H](C)[C@@H](C)Nc1ccccc1OC. The second-order valence-electron chi connectivity index (χ2n) is 4.02. The molecule has 0 aliphatic rings. The van der Waals surface area contributed by atoms with Crippen molar-refractivity contribution in [1.82, 2.24) is 0 Å². The Morgan fingerprint density at radius 2 is 1.93 bits per heavy atom. The highest BCUT2D eigenvalue weighted by Gasteiger charge is 2.11. The molecule has 0 unspecified atom stereocenters. The Kier molecular flexibility index (Phi) is 4.47. The molecule has 1 N–H and O–H groups in total. The highest BCUT2D eigenvalue weighted by atomic mass is 16.5. The number of nitrogens with one attached hydrogen (secondary N) is 1. The summed E-state index contributed by atoms with van der Waals surface area (Å²) < 4.78 is 5.30. The third-order valence-corrected chi connectivity index (χ3v) is 2.99. The van der Waals surface area contributed by atoms with E-state index >= 15 is 0 Å². The quantitative estimate of drug-likeness (QED) is 0.797. The molecule has 15 heavy (non-hydrogen) atoms. The third kappa shape index (κ3) is 3.15. The average Bonchev–Trinajstić information content (AvgIpc) is 2.28. The van der Waals surface area contributed by atoms with Gasteiger partial charge in [-0.3, -0.25) is 0 Å². The van der Waals surface area contributed by atoms with Gasteiger partial charge in [0.15, 0.2) is 0 Å². The van der Waals surface area contributed by atoms with E-state index in [9.17, 15) is 0 Å². The Morgan fingerprint density at radius 3 is 2.53 bits per heavy atom. The van der Waals surface area contributed by atoms with Crippen LogP contribution in [0.15, 0.2) is 24.3 Å². The minimum absolute atomic E-state index is 0.464. The van der Waals surface area contributed by atoms with Crippen LogP contribution in [-0.4, -0.2) is 13.2 Å². The fourth-order valence-corrected chi connectivity index (χ4v) is 1.50. The molecule has 1 aromatic rings. The number of benzene rings is 1. The van der Waals surface area contributed by atoms with Crippen molar-refractivity contribution in [2.24, 2.45) is 5.92 Å². The maximum atomic E-state index is 5.30. The Morgan fingerprint density at radius 1 is 1.27 bits per heavy atom. The molecule has 1 rings (SSSR count). The van der Waals surface area contributed by atoms with Crippen molar-refractivity contribution >= 4 is 5.69 Å². The van der Waals surface area contributed by atoms with Crippen molar-refractivity contribution in [2.75, 3.05) is 12.4 Å². The summed E-state index contributed by atoms with van der Waals surface area (Å²) >= 11 is 0. The maximum absolute atomic E-state index is 5.30. The highest BCUT2D eigenvalue weighted by molar-refractivity contribution is 5.56. The standard InChI is InChI=1S/C13H21NO/c1-5-10(2)11(3)14-12-8-6-7-9-13(12)15-4/h6-11,14H,5H2,1-4H3/t10-,11-/m1/s1. The molecular formula is C13H21NO. The first-order chi connectivity index (χ1) is 7.19. The molecule has 0 heterocycles. The van der Waals surface area contributed by atoms with E-state index in [4.69, 9.17) is 4.74 Å². The average molecular weight is 207 g/mol. The zero-order valence-electron chi connectivity index (χ0n) is 10.1. The van der Waals surface area contributed by atoms with Crippen LogP contribution in [0.25, 0.3) is 0 Å². The fourth-order valence-electron chi connectivity index (χ4n) is 1.50. The van der Waals surface area contributed by atoms with Crippen LogP contribution in [0.5, 0.6) is 5.75 Å². The van der Waals surface area contributed by atoms with E-state index in [2.05, 4.69) is 32.2 Å². The lowest BCUT2D eigenvalue weighted by Crippen LogP contribution is -2.23. The third-order valence-electron chi connectivity index (χ3n) is 2.99. The van der Waals surface area contributed by atoms with Crippen LogP contribution >= 0.6 is 0 Å². The van der Waals surface area contributed by atoms with E-state index in [0.717, 1.165) is 11.4 Å². The zero-order valence-corrected chi connectivity index (χ0v) is 10.1. The first-order valence-electron chi connectivity index (χ1n) is 5.58. The van der Waals surface area contributed by atoms with Crippen LogP contribution in [0.4, 0.5) is 5.69 Å². The number of hydrogen-bond donors (Lipinski definition) is 1. The van der Waals surface area contributed by atoms with E-state index < -0.39 is 0 Å². The van der Waals surface area contributed by atoms with Crippen molar-refractivity contribution in [1.29, 1.82) is 0 Å². The van der Waals surface area contributed by atoms with E-state index in [1.54, 1.807) is 7.11 Å². The summed E-state index contributed by atoms with van der Waals surface area (Å²) in [6.07, 6.45) is 1.18. The normalized spacial score (nSPS) is 14.4. The lowest BCUT2D eigenvalue weighted by molar-refractivity contribution is 0.414. The molecule has 0 fully saturated rings. The van der Waals surface area contributed by atoms with Crippen LogP contribution in [0, 0.1) is 5.92 Å². The van der Waals surface area contributed by atoms with Gasteiger partial charge in [-0.15, -0.1) is 0 Å². The van der Waals surface area contributed by atoms with Gasteiger partial charge in [0.2, 0.25) is 0 Å². The monoisotopic (exact) mass is 207 g/mol. The Hall–Kier alpha value is -1.18. The maximum Gasteiger partial charge on any atom is 0.141 e. The number of ether oxygens (including phenoxy) is 1. The van der Waals surface area contributed by atoms with Crippen molar-refractivity contribution in [2.45, 2.75) is 33.2 Å². The molecule has 2 atom stereocenters. The highest BCUT2D eigenvalue weighted by Crippen LogP contribution is 2.25. The summed E-state index contributed by atoms with van der Waals surface area (Å²) in [7, 11) is 1.70. The predicted octanol–water partition coefficient (Wildman–Crippen LogP) is 3.54. The molecule has 0 aliphatic heterocycles. The molecule has 2 nitrogen and oxygen atoms in total. The summed E-state index contributed by atoms with van der Waals surface area (Å²) in [4.78, 5) is 0. The van der Waals surface area contributed by atoms with Gasteiger partial charge >= 0.3 is 0 Å². The van der Waals surface area contributed by atoms with Crippen molar-refractivity contribution in [3.8, 4) is 5.75 Å². The summed E-state index contributed by atoms with van der Waals surface area (Å²) in [5, 5.41) is 3.49. The summed E-state index contributed by atoms with van der Waals surface area (Å²) in [5.41, 5.74) is 1.08. The molecule has 0 radical (unpaired) electrons. The first-order valence-corrected chi connectivity index (χ1v) is 5.58. The Bertz CT molecular complexity index is 298. The number of methoxy groups -OCH3 is 1. The van der Waals surface area contributed by atoms with Crippen LogP contribution in [0.3, 0.4) is 0 Å². The summed E-state index contributed by atoms with van der Waals surface area (Å²) in [6.45, 7) is 6.68. The summed E-state index contributed by atoms with van der Waals surface area (Å²) in [6, 6.07) is 8.50. The largest absolute Gasteiger partial charge is 0.495 e. The van der Waals surface area contributed by atoms with Crippen LogP contribution in [-0.2, 0) is 0 Å². The first kappa shape index (κ1) is 11.9. The van der Waals surface area contributed by atoms with E-state index in [-0.39, 0.29) is 0 Å². The Labute approximate surface area is 92.6 Å². The molecular weight excluding hydrogens is 186 g/mol. The number of rotatable bonds is 5. The van der Waals surface area contributed by atoms with Gasteiger partial charge in [0.05, 0.1) is 12.8 Å². The van der Waals surface area contributed by atoms with Crippen LogP contribution in [0.2, 0.25) is 0 Å². The molecule has 84 valence electrons. The predicted molar refractivity (Wildman–Crippen MR) is 65.5 cm³/mol. The smallest absolute Gasteiger partial charge is 0.141 e. The molecule has 0 saturated heterocycles. The van der Waals surface area contributed by atoms with Gasteiger partial charge < -0.3 is 10.1 Å². The molecule has 2 heteroatoms. The van der Waals surface area contributed by atoms with Gasteiger partial charge in [0.1, 0.15) is 5.75 Å². The lowest BCUT2D eigenvalue weighted by Gasteiger charge is -2.22. The van der Waals surface area contributed by atoms with Gasteiger partial charge in [-0.25, -0.2) is 0 Å². The van der Waals surface area contributed by atoms with Crippen molar-refractivity contribution < 1.29 is 4.74 Å². The second kappa shape index (κ2) is 5.64. The van der Waals surface area contributed by atoms with Gasteiger partial charge in [0, 0.05) is 6.04 Å². The zero-order chi connectivity index (χ0) is 11.3. The van der Waals surface area contributed by atoms with Crippen LogP contribution in [0.1, 0.15) is 27.2 Å². The Balaban J connectivity index is 2.71. The van der Waals surface area contributed by atoms with E-state index in [0.29, 0.717) is 12.0 Å². The minimum atomic E-state index is 0.464. The fraction of sp³-hybridized carbons (Fsp3) is 0.538. The van der Waals surface area contributed by atoms with Crippen molar-refractivity contribution in [3.05, 3.63) is 24.3 Å². The molecule has 1 aromatic carbocycles. The molecule has 0 bridgehead atoms. The number of anilines is 1. The van der Waals surface area contributed by atoms with E-state index in [1.807, 2.05) is 18.2 Å². The van der Waals surface area contributed by atoms with Gasteiger partial charge in [-0.05, 0) is 25.0 Å². The molecule has 0 aromatic heterocycles. The molecule has 0 spiro atoms.